The van der Waals surface area contributed by atoms with Crippen molar-refractivity contribution in [2.24, 2.45) is 5.92 Å². The Kier molecular flexibility index (Phi) is 6.33. The number of nitrogens with zero attached hydrogens (tertiary/aromatic N) is 3. The van der Waals surface area contributed by atoms with Gasteiger partial charge in [0.25, 0.3) is 0 Å². The third-order valence-corrected chi connectivity index (χ3v) is 4.65. The molecule has 1 aromatic heterocycles. The molecular weight excluding hydrogens is 375 g/mol. The van der Waals surface area contributed by atoms with E-state index >= 15 is 0 Å². The number of amides is 1. The molecule has 1 amide bonds. The second-order valence-electron chi connectivity index (χ2n) is 6.81. The van der Waals surface area contributed by atoms with Gasteiger partial charge in [-0.15, -0.1) is 0 Å². The van der Waals surface area contributed by atoms with Crippen LogP contribution in [-0.4, -0.2) is 27.7 Å². The first-order valence-corrected chi connectivity index (χ1v) is 9.33. The zero-order valence-corrected chi connectivity index (χ0v) is 15.5. The van der Waals surface area contributed by atoms with E-state index in [1.165, 1.54) is 5.06 Å². The van der Waals surface area contributed by atoms with Crippen LogP contribution in [0.5, 0.6) is 0 Å². The zero-order valence-electron chi connectivity index (χ0n) is 15.5. The van der Waals surface area contributed by atoms with Gasteiger partial charge in [-0.05, 0) is 24.8 Å². The van der Waals surface area contributed by atoms with Crippen molar-refractivity contribution in [3.05, 3.63) is 35.7 Å². The van der Waals surface area contributed by atoms with Crippen LogP contribution in [0.3, 0.4) is 0 Å². The van der Waals surface area contributed by atoms with Gasteiger partial charge >= 0.3 is 12.1 Å². The van der Waals surface area contributed by atoms with Crippen molar-refractivity contribution in [2.75, 3.05) is 6.61 Å². The Bertz CT molecular complexity index is 786. The van der Waals surface area contributed by atoms with Gasteiger partial charge in [0.05, 0.1) is 13.2 Å². The molecular formula is C19H22F3N3O3. The fourth-order valence-corrected chi connectivity index (χ4v) is 2.75. The molecule has 0 aliphatic heterocycles. The van der Waals surface area contributed by atoms with Crippen molar-refractivity contribution in [3.8, 4) is 11.4 Å². The predicted molar refractivity (Wildman–Crippen MR) is 93.5 cm³/mol. The molecule has 0 radical (unpaired) electrons. The van der Waals surface area contributed by atoms with E-state index in [2.05, 4.69) is 14.7 Å². The van der Waals surface area contributed by atoms with E-state index in [4.69, 9.17) is 4.84 Å². The summed E-state index contributed by atoms with van der Waals surface area (Å²) in [7, 11) is 0. The summed E-state index contributed by atoms with van der Waals surface area (Å²) in [5, 5.41) is 4.78. The minimum atomic E-state index is -4.68. The number of carbonyl (C=O) groups is 1. The van der Waals surface area contributed by atoms with Gasteiger partial charge in [-0.3, -0.25) is 9.63 Å². The Morgan fingerprint density at radius 3 is 2.54 bits per heavy atom. The molecule has 1 heterocycles. The summed E-state index contributed by atoms with van der Waals surface area (Å²) in [5.41, 5.74) is 1.19. The van der Waals surface area contributed by atoms with E-state index in [-0.39, 0.29) is 24.2 Å². The topological polar surface area (TPSA) is 68.5 Å². The highest BCUT2D eigenvalue weighted by molar-refractivity contribution is 5.78. The lowest BCUT2D eigenvalue weighted by molar-refractivity contribution is -0.197. The summed E-state index contributed by atoms with van der Waals surface area (Å²) in [5.74, 6) is -1.52. The maximum atomic E-state index is 12.6. The van der Waals surface area contributed by atoms with E-state index in [9.17, 15) is 18.0 Å². The van der Waals surface area contributed by atoms with Crippen LogP contribution in [0.1, 0.15) is 50.5 Å². The third kappa shape index (κ3) is 4.89. The van der Waals surface area contributed by atoms with Gasteiger partial charge in [-0.2, -0.15) is 18.2 Å². The Hall–Kier alpha value is -2.42. The number of carbonyl (C=O) groups excluding carboxylic acids is 1. The normalized spacial score (nSPS) is 14.7. The van der Waals surface area contributed by atoms with Crippen molar-refractivity contribution in [1.82, 2.24) is 15.2 Å². The molecule has 3 rings (SSSR count). The highest BCUT2D eigenvalue weighted by Gasteiger charge is 2.38. The average molecular weight is 397 g/mol. The molecule has 9 heteroatoms. The van der Waals surface area contributed by atoms with Crippen LogP contribution in [-0.2, 0) is 22.4 Å². The predicted octanol–water partition coefficient (Wildman–Crippen LogP) is 4.62. The van der Waals surface area contributed by atoms with Crippen LogP contribution in [0.4, 0.5) is 13.2 Å². The highest BCUT2D eigenvalue weighted by Crippen LogP contribution is 2.30. The molecule has 1 aliphatic rings. The first kappa shape index (κ1) is 20.3. The van der Waals surface area contributed by atoms with Gasteiger partial charge in [0.2, 0.25) is 11.7 Å². The summed E-state index contributed by atoms with van der Waals surface area (Å²) in [6, 6.07) is 6.61. The summed E-state index contributed by atoms with van der Waals surface area (Å²) >= 11 is 0. The van der Waals surface area contributed by atoms with Crippen molar-refractivity contribution < 1.29 is 27.3 Å². The van der Waals surface area contributed by atoms with Gasteiger partial charge in [0, 0.05) is 11.5 Å². The number of hydrogen-bond acceptors (Lipinski definition) is 5. The van der Waals surface area contributed by atoms with Gasteiger partial charge in [0.1, 0.15) is 0 Å². The fraction of sp³-hybridized carbons (Fsp3) is 0.526. The standard InChI is InChI=1S/C19H22F3N3O3/c1-2-3-11-27-25(17(26)15-5-4-6-15)12-13-7-9-14(10-8-13)16-23-18(28-24-16)19(20,21)22/h7-10,15H,2-6,11-12H2,1H3. The Morgan fingerprint density at radius 1 is 1.29 bits per heavy atom. The molecule has 152 valence electrons. The molecule has 1 saturated carbocycles. The molecule has 28 heavy (non-hydrogen) atoms. The van der Waals surface area contributed by atoms with Crippen LogP contribution in [0.2, 0.25) is 0 Å². The van der Waals surface area contributed by atoms with Gasteiger partial charge in [-0.1, -0.05) is 49.2 Å². The monoisotopic (exact) mass is 397 g/mol. The largest absolute Gasteiger partial charge is 0.471 e. The molecule has 6 nitrogen and oxygen atoms in total. The van der Waals surface area contributed by atoms with Gasteiger partial charge < -0.3 is 4.52 Å². The lowest BCUT2D eigenvalue weighted by Crippen LogP contribution is -2.38. The lowest BCUT2D eigenvalue weighted by Gasteiger charge is -2.31. The third-order valence-electron chi connectivity index (χ3n) is 4.65. The van der Waals surface area contributed by atoms with Crippen LogP contribution in [0.15, 0.2) is 28.8 Å². The molecule has 0 N–H and O–H groups in total. The van der Waals surface area contributed by atoms with Gasteiger partial charge in [-0.25, -0.2) is 5.06 Å². The average Bonchev–Trinajstić information content (AvgIpc) is 3.10. The van der Waals surface area contributed by atoms with Crippen molar-refractivity contribution in [3.63, 3.8) is 0 Å². The van der Waals surface area contributed by atoms with Gasteiger partial charge in [0.15, 0.2) is 0 Å². The lowest BCUT2D eigenvalue weighted by atomic mass is 9.84. The molecule has 0 atom stereocenters. The van der Waals surface area contributed by atoms with Crippen LogP contribution < -0.4 is 0 Å². The maximum Gasteiger partial charge on any atom is 0.471 e. The van der Waals surface area contributed by atoms with Crippen molar-refractivity contribution in [2.45, 2.75) is 51.7 Å². The quantitative estimate of drug-likeness (QED) is 0.480. The number of benzene rings is 1. The first-order valence-electron chi connectivity index (χ1n) is 9.33. The first-order chi connectivity index (χ1) is 13.4. The van der Waals surface area contributed by atoms with Crippen molar-refractivity contribution >= 4 is 5.91 Å². The summed E-state index contributed by atoms with van der Waals surface area (Å²) in [6.07, 6.45) is -0.0466. The molecule has 0 spiro atoms. The summed E-state index contributed by atoms with van der Waals surface area (Å²) in [6.45, 7) is 2.79. The van der Waals surface area contributed by atoms with Crippen LogP contribution in [0, 0.1) is 5.92 Å². The Morgan fingerprint density at radius 2 is 2.00 bits per heavy atom. The van der Waals surface area contributed by atoms with E-state index in [0.717, 1.165) is 37.7 Å². The molecule has 1 fully saturated rings. The summed E-state index contributed by atoms with van der Waals surface area (Å²) in [4.78, 5) is 21.6. The molecule has 0 unspecified atom stereocenters. The fourth-order valence-electron chi connectivity index (χ4n) is 2.75. The summed E-state index contributed by atoms with van der Waals surface area (Å²) < 4.78 is 42.0. The number of alkyl halides is 3. The number of hydroxylamine groups is 2. The number of aromatic nitrogens is 2. The highest BCUT2D eigenvalue weighted by atomic mass is 19.4. The second-order valence-corrected chi connectivity index (χ2v) is 6.81. The minimum Gasteiger partial charge on any atom is -0.329 e. The van der Waals surface area contributed by atoms with E-state index < -0.39 is 12.1 Å². The van der Waals surface area contributed by atoms with E-state index in [1.807, 2.05) is 6.92 Å². The molecule has 0 saturated heterocycles. The SMILES string of the molecule is CCCCON(Cc1ccc(-c2noc(C(F)(F)F)n2)cc1)C(=O)C1CCC1. The zero-order chi connectivity index (χ0) is 20.1. The number of halogens is 3. The van der Waals surface area contributed by atoms with Crippen LogP contribution in [0.25, 0.3) is 11.4 Å². The smallest absolute Gasteiger partial charge is 0.329 e. The second kappa shape index (κ2) is 8.72. The van der Waals surface area contributed by atoms with Crippen LogP contribution >= 0.6 is 0 Å². The van der Waals surface area contributed by atoms with Crippen molar-refractivity contribution in [1.29, 1.82) is 0 Å². The van der Waals surface area contributed by atoms with E-state index in [0.29, 0.717) is 12.2 Å². The Balaban J connectivity index is 1.68. The number of hydrogen-bond donors (Lipinski definition) is 0. The number of rotatable bonds is 8. The maximum absolute atomic E-state index is 12.6. The molecule has 1 aliphatic carbocycles. The Labute approximate surface area is 160 Å². The number of unbranched alkanes of at least 4 members (excludes halogenated alkanes) is 1. The molecule has 1 aromatic carbocycles. The minimum absolute atomic E-state index is 0.0144. The molecule has 0 bridgehead atoms. The van der Waals surface area contributed by atoms with E-state index in [1.54, 1.807) is 24.3 Å². The molecule has 2 aromatic rings.